The summed E-state index contributed by atoms with van der Waals surface area (Å²) < 4.78 is 56.8. The van der Waals surface area contributed by atoms with E-state index in [9.17, 15) is 27.2 Å². The number of nitrogens with zero attached hydrogens (tertiary/aromatic N) is 1. The first-order valence-corrected chi connectivity index (χ1v) is 9.73. The van der Waals surface area contributed by atoms with E-state index in [0.717, 1.165) is 6.07 Å². The zero-order chi connectivity index (χ0) is 22.1. The molecule has 10 heteroatoms. The molecule has 0 heterocycles. The highest BCUT2D eigenvalue weighted by atomic mass is 32.2. The molecular formula is C20H20F4N2O3S. The van der Waals surface area contributed by atoms with Crippen molar-refractivity contribution >= 4 is 29.3 Å². The Labute approximate surface area is 175 Å². The first kappa shape index (κ1) is 23.7. The highest BCUT2D eigenvalue weighted by Gasteiger charge is 2.17. The van der Waals surface area contributed by atoms with Gasteiger partial charge in [0.2, 0.25) is 5.91 Å². The monoisotopic (exact) mass is 444 g/mol. The van der Waals surface area contributed by atoms with Crippen LogP contribution in [0.5, 0.6) is 0 Å². The Kier molecular flexibility index (Phi) is 9.13. The number of ether oxygens (including phenoxy) is 1. The topological polar surface area (TPSA) is 58.6 Å². The number of anilines is 1. The van der Waals surface area contributed by atoms with Gasteiger partial charge in [-0.3, -0.25) is 14.5 Å². The molecule has 2 aromatic carbocycles. The number of esters is 1. The van der Waals surface area contributed by atoms with Crippen LogP contribution in [0.25, 0.3) is 0 Å². The van der Waals surface area contributed by atoms with E-state index in [0.29, 0.717) is 22.3 Å². The molecule has 0 saturated heterocycles. The molecule has 0 unspecified atom stereocenters. The van der Waals surface area contributed by atoms with Crippen LogP contribution in [-0.4, -0.2) is 42.7 Å². The SMILES string of the molecule is COC(=O)CCN(CC(=O)Nc1ccc(SC(F)F)cc1)Cc1cccc(F)c1F. The van der Waals surface area contributed by atoms with Crippen LogP contribution in [0, 0.1) is 11.6 Å². The summed E-state index contributed by atoms with van der Waals surface area (Å²) in [5.74, 6) is -5.55. The van der Waals surface area contributed by atoms with Gasteiger partial charge in [0.05, 0.1) is 20.1 Å². The van der Waals surface area contributed by atoms with Crippen LogP contribution in [0.3, 0.4) is 0 Å². The average Bonchev–Trinajstić information content (AvgIpc) is 2.70. The highest BCUT2D eigenvalue weighted by Crippen LogP contribution is 2.26. The molecule has 0 aromatic heterocycles. The van der Waals surface area contributed by atoms with Gasteiger partial charge >= 0.3 is 5.97 Å². The fraction of sp³-hybridized carbons (Fsp3) is 0.300. The Hall–Kier alpha value is -2.59. The standard InChI is InChI=1S/C20H20F4N2O3S/c1-29-18(28)9-10-26(11-13-3-2-4-16(21)19(13)22)12-17(27)25-14-5-7-15(8-6-14)30-20(23)24/h2-8,20H,9-12H2,1H3,(H,25,27). The Morgan fingerprint density at radius 2 is 1.83 bits per heavy atom. The van der Waals surface area contributed by atoms with Crippen molar-refractivity contribution in [2.45, 2.75) is 23.6 Å². The Morgan fingerprint density at radius 1 is 1.13 bits per heavy atom. The van der Waals surface area contributed by atoms with Gasteiger partial charge in [-0.05, 0) is 30.3 Å². The van der Waals surface area contributed by atoms with Gasteiger partial charge in [0.25, 0.3) is 5.76 Å². The van der Waals surface area contributed by atoms with Crippen LogP contribution in [-0.2, 0) is 20.9 Å². The number of alkyl halides is 2. The van der Waals surface area contributed by atoms with Crippen LogP contribution in [0.1, 0.15) is 12.0 Å². The van der Waals surface area contributed by atoms with Crippen molar-refractivity contribution in [1.82, 2.24) is 4.90 Å². The maximum Gasteiger partial charge on any atom is 0.306 e. The van der Waals surface area contributed by atoms with Crippen molar-refractivity contribution in [3.8, 4) is 0 Å². The maximum atomic E-state index is 14.0. The molecule has 0 bridgehead atoms. The van der Waals surface area contributed by atoms with Gasteiger partial charge in [-0.15, -0.1) is 0 Å². The number of carbonyl (C=O) groups is 2. The number of nitrogens with one attached hydrogen (secondary N) is 1. The summed E-state index contributed by atoms with van der Waals surface area (Å²) in [5.41, 5.74) is 0.435. The number of benzene rings is 2. The van der Waals surface area contributed by atoms with Crippen LogP contribution in [0.4, 0.5) is 23.2 Å². The third-order valence-corrected chi connectivity index (χ3v) is 4.74. The molecule has 0 saturated carbocycles. The molecule has 1 amide bonds. The summed E-state index contributed by atoms with van der Waals surface area (Å²) in [6.45, 7) is -0.224. The summed E-state index contributed by atoms with van der Waals surface area (Å²) in [7, 11) is 1.22. The third-order valence-electron chi connectivity index (χ3n) is 4.02. The molecule has 0 spiro atoms. The van der Waals surface area contributed by atoms with E-state index in [-0.39, 0.29) is 31.6 Å². The van der Waals surface area contributed by atoms with E-state index in [4.69, 9.17) is 0 Å². The van der Waals surface area contributed by atoms with E-state index >= 15 is 0 Å². The minimum Gasteiger partial charge on any atom is -0.469 e. The van der Waals surface area contributed by atoms with Crippen molar-refractivity contribution < 1.29 is 31.9 Å². The van der Waals surface area contributed by atoms with Crippen LogP contribution < -0.4 is 5.32 Å². The lowest BCUT2D eigenvalue weighted by Gasteiger charge is -2.22. The summed E-state index contributed by atoms with van der Waals surface area (Å²) in [6.07, 6.45) is -0.0414. The fourth-order valence-corrected chi connectivity index (χ4v) is 3.10. The molecule has 1 N–H and O–H groups in total. The predicted octanol–water partition coefficient (Wildman–Crippen LogP) is 4.28. The van der Waals surface area contributed by atoms with E-state index in [1.54, 1.807) is 0 Å². The van der Waals surface area contributed by atoms with E-state index in [1.165, 1.54) is 48.4 Å². The maximum absolute atomic E-state index is 14.0. The molecule has 0 aliphatic heterocycles. The van der Waals surface area contributed by atoms with E-state index in [1.807, 2.05) is 0 Å². The molecule has 5 nitrogen and oxygen atoms in total. The summed E-state index contributed by atoms with van der Waals surface area (Å²) in [4.78, 5) is 25.6. The Bertz CT molecular complexity index is 866. The number of hydrogen-bond acceptors (Lipinski definition) is 5. The van der Waals surface area contributed by atoms with Gasteiger partial charge in [-0.1, -0.05) is 23.9 Å². The number of hydrogen-bond donors (Lipinski definition) is 1. The predicted molar refractivity (Wildman–Crippen MR) is 105 cm³/mol. The molecule has 0 aliphatic carbocycles. The number of carbonyl (C=O) groups excluding carboxylic acids is 2. The van der Waals surface area contributed by atoms with Crippen molar-refractivity contribution in [3.05, 3.63) is 59.7 Å². The number of rotatable bonds is 10. The van der Waals surface area contributed by atoms with Gasteiger partial charge in [0, 0.05) is 29.2 Å². The summed E-state index contributed by atoms with van der Waals surface area (Å²) in [5, 5.41) is 2.60. The smallest absolute Gasteiger partial charge is 0.306 e. The normalized spacial score (nSPS) is 11.0. The second-order valence-corrected chi connectivity index (χ2v) is 7.26. The van der Waals surface area contributed by atoms with Crippen molar-refractivity contribution in [3.63, 3.8) is 0 Å². The van der Waals surface area contributed by atoms with Gasteiger partial charge in [-0.25, -0.2) is 8.78 Å². The van der Waals surface area contributed by atoms with Crippen LogP contribution >= 0.6 is 11.8 Å². The van der Waals surface area contributed by atoms with Crippen LogP contribution in [0.2, 0.25) is 0 Å². The van der Waals surface area contributed by atoms with Gasteiger partial charge in [-0.2, -0.15) is 8.78 Å². The van der Waals surface area contributed by atoms with Gasteiger partial charge < -0.3 is 10.1 Å². The quantitative estimate of drug-likeness (QED) is 0.337. The lowest BCUT2D eigenvalue weighted by Crippen LogP contribution is -2.35. The second kappa shape index (κ2) is 11.6. The molecule has 0 aliphatic rings. The first-order chi connectivity index (χ1) is 14.3. The summed E-state index contributed by atoms with van der Waals surface area (Å²) in [6, 6.07) is 9.58. The molecule has 0 fully saturated rings. The Balaban J connectivity index is 2.03. The molecular weight excluding hydrogens is 424 g/mol. The lowest BCUT2D eigenvalue weighted by atomic mass is 10.2. The zero-order valence-corrected chi connectivity index (χ0v) is 16.9. The number of amides is 1. The number of thioether (sulfide) groups is 1. The summed E-state index contributed by atoms with van der Waals surface area (Å²) >= 11 is 0.388. The fourth-order valence-electron chi connectivity index (χ4n) is 2.60. The van der Waals surface area contributed by atoms with Gasteiger partial charge in [0.15, 0.2) is 11.6 Å². The van der Waals surface area contributed by atoms with E-state index < -0.39 is 29.3 Å². The minimum atomic E-state index is -2.54. The minimum absolute atomic E-state index is 0.0414. The molecule has 0 atom stereocenters. The molecule has 2 aromatic rings. The third kappa shape index (κ3) is 7.68. The second-order valence-electron chi connectivity index (χ2n) is 6.20. The Morgan fingerprint density at radius 3 is 2.47 bits per heavy atom. The average molecular weight is 444 g/mol. The first-order valence-electron chi connectivity index (χ1n) is 8.85. The number of halogens is 4. The zero-order valence-electron chi connectivity index (χ0n) is 16.0. The van der Waals surface area contributed by atoms with Crippen molar-refractivity contribution in [1.29, 1.82) is 0 Å². The van der Waals surface area contributed by atoms with E-state index in [2.05, 4.69) is 10.1 Å². The van der Waals surface area contributed by atoms with Gasteiger partial charge in [0.1, 0.15) is 0 Å². The largest absolute Gasteiger partial charge is 0.469 e. The molecule has 30 heavy (non-hydrogen) atoms. The number of methoxy groups -OCH3 is 1. The lowest BCUT2D eigenvalue weighted by molar-refractivity contribution is -0.141. The van der Waals surface area contributed by atoms with Crippen molar-refractivity contribution in [2.24, 2.45) is 0 Å². The van der Waals surface area contributed by atoms with Crippen molar-refractivity contribution in [2.75, 3.05) is 25.5 Å². The molecule has 0 radical (unpaired) electrons. The molecule has 162 valence electrons. The molecule has 2 rings (SSSR count). The highest BCUT2D eigenvalue weighted by molar-refractivity contribution is 7.99. The van der Waals surface area contributed by atoms with Crippen LogP contribution in [0.15, 0.2) is 47.4 Å².